The van der Waals surface area contributed by atoms with Crippen molar-refractivity contribution >= 4 is 82.5 Å². The monoisotopic (exact) mass is 753 g/mol. The first-order valence-corrected chi connectivity index (χ1v) is 20.1. The Labute approximate surface area is 340 Å². The van der Waals surface area contributed by atoms with Gasteiger partial charge in [0.05, 0.1) is 0 Å². The van der Waals surface area contributed by atoms with Gasteiger partial charge in [-0.05, 0) is 122 Å². The van der Waals surface area contributed by atoms with Crippen LogP contribution in [0.3, 0.4) is 0 Å². The van der Waals surface area contributed by atoms with Crippen molar-refractivity contribution in [1.29, 1.82) is 0 Å². The Bertz CT molecular complexity index is 3540. The molecule has 0 aliphatic rings. The molecule has 2 heterocycles. The molecule has 0 N–H and O–H groups in total. The zero-order valence-electron chi connectivity index (χ0n) is 32.0. The second kappa shape index (κ2) is 13.4. The fraction of sp³-hybridized carbons (Fsp3) is 0. The Morgan fingerprint density at radius 2 is 0.881 bits per heavy atom. The van der Waals surface area contributed by atoms with E-state index in [0.717, 1.165) is 94.0 Å². The van der Waals surface area contributed by atoms with Gasteiger partial charge >= 0.3 is 0 Å². The highest BCUT2D eigenvalue weighted by atomic mass is 16.3. The molecular formula is C56H35NO2. The van der Waals surface area contributed by atoms with Crippen LogP contribution in [-0.2, 0) is 0 Å². The van der Waals surface area contributed by atoms with Crippen LogP contribution >= 0.6 is 0 Å². The molecule has 0 amide bonds. The van der Waals surface area contributed by atoms with Crippen LogP contribution < -0.4 is 4.90 Å². The lowest BCUT2D eigenvalue weighted by Crippen LogP contribution is -2.09. The lowest BCUT2D eigenvalue weighted by Gasteiger charge is -2.26. The maximum Gasteiger partial charge on any atom is 0.143 e. The molecule has 59 heavy (non-hydrogen) atoms. The fourth-order valence-corrected chi connectivity index (χ4v) is 9.00. The molecule has 0 saturated carbocycles. The van der Waals surface area contributed by atoms with Gasteiger partial charge < -0.3 is 13.7 Å². The first-order valence-electron chi connectivity index (χ1n) is 20.1. The van der Waals surface area contributed by atoms with Crippen LogP contribution in [0.4, 0.5) is 17.1 Å². The van der Waals surface area contributed by atoms with Crippen molar-refractivity contribution in [2.24, 2.45) is 0 Å². The molecule has 10 aromatic carbocycles. The van der Waals surface area contributed by atoms with Crippen molar-refractivity contribution < 1.29 is 8.83 Å². The van der Waals surface area contributed by atoms with E-state index < -0.39 is 0 Å². The summed E-state index contributed by atoms with van der Waals surface area (Å²) in [6.07, 6.45) is 0. The highest BCUT2D eigenvalue weighted by Crippen LogP contribution is 2.43. The van der Waals surface area contributed by atoms with Crippen LogP contribution in [0.2, 0.25) is 0 Å². The van der Waals surface area contributed by atoms with Crippen molar-refractivity contribution in [2.75, 3.05) is 4.90 Å². The van der Waals surface area contributed by atoms with E-state index in [4.69, 9.17) is 8.83 Å². The third kappa shape index (κ3) is 5.51. The molecular weight excluding hydrogens is 719 g/mol. The van der Waals surface area contributed by atoms with E-state index in [1.165, 1.54) is 21.9 Å². The summed E-state index contributed by atoms with van der Waals surface area (Å²) in [6.45, 7) is 0. The molecule has 0 saturated heterocycles. The average Bonchev–Trinajstić information content (AvgIpc) is 3.88. The van der Waals surface area contributed by atoms with E-state index in [2.05, 4.69) is 205 Å². The standard InChI is InChI=1S/C56H35NO2/c1-2-13-42(14-3-1)57(43-28-23-37(24-29-43)45-18-10-20-53-55(45)49-17-8-9-19-52(49)58-53)44-30-25-38(26-31-44)50-35-51-47-32-27-41(40-22-21-36-11-4-5-12-39(36)33-40)34-54(47)59-56(51)48-16-7-6-15-46(48)50/h1-35H. The number of para-hydroxylation sites is 2. The van der Waals surface area contributed by atoms with Crippen molar-refractivity contribution in [3.8, 4) is 33.4 Å². The van der Waals surface area contributed by atoms with Crippen LogP contribution in [-0.4, -0.2) is 0 Å². The minimum atomic E-state index is 0.891. The number of furan rings is 2. The molecule has 0 unspecified atom stereocenters. The molecule has 0 spiro atoms. The van der Waals surface area contributed by atoms with E-state index >= 15 is 0 Å². The van der Waals surface area contributed by atoms with Gasteiger partial charge in [0.2, 0.25) is 0 Å². The number of hydrogen-bond donors (Lipinski definition) is 0. The van der Waals surface area contributed by atoms with Crippen LogP contribution in [0, 0.1) is 0 Å². The van der Waals surface area contributed by atoms with E-state index in [9.17, 15) is 0 Å². The third-order valence-electron chi connectivity index (χ3n) is 11.9. The zero-order valence-corrected chi connectivity index (χ0v) is 32.0. The predicted molar refractivity (Wildman–Crippen MR) is 247 cm³/mol. The minimum absolute atomic E-state index is 0.891. The van der Waals surface area contributed by atoms with Gasteiger partial charge in [-0.15, -0.1) is 0 Å². The summed E-state index contributed by atoms with van der Waals surface area (Å²) in [5.74, 6) is 0. The second-order valence-electron chi connectivity index (χ2n) is 15.3. The van der Waals surface area contributed by atoms with E-state index in [-0.39, 0.29) is 0 Å². The van der Waals surface area contributed by atoms with Crippen molar-refractivity contribution in [1.82, 2.24) is 0 Å². The molecule has 0 aliphatic carbocycles. The van der Waals surface area contributed by atoms with E-state index in [1.807, 2.05) is 12.1 Å². The van der Waals surface area contributed by atoms with Crippen LogP contribution in [0.5, 0.6) is 0 Å². The Balaban J connectivity index is 0.930. The number of rotatable bonds is 6. The quantitative estimate of drug-likeness (QED) is 0.169. The van der Waals surface area contributed by atoms with Gasteiger partial charge in [-0.25, -0.2) is 0 Å². The van der Waals surface area contributed by atoms with Gasteiger partial charge in [-0.1, -0.05) is 140 Å². The summed E-state index contributed by atoms with van der Waals surface area (Å²) in [4.78, 5) is 2.32. The second-order valence-corrected chi connectivity index (χ2v) is 15.3. The lowest BCUT2D eigenvalue weighted by molar-refractivity contribution is 0.669. The molecule has 0 bridgehead atoms. The van der Waals surface area contributed by atoms with Gasteiger partial charge in [0, 0.05) is 44.0 Å². The highest BCUT2D eigenvalue weighted by Gasteiger charge is 2.18. The molecule has 3 nitrogen and oxygen atoms in total. The summed E-state index contributed by atoms with van der Waals surface area (Å²) in [7, 11) is 0. The largest absolute Gasteiger partial charge is 0.456 e. The van der Waals surface area contributed by atoms with Gasteiger partial charge in [0.15, 0.2) is 0 Å². The lowest BCUT2D eigenvalue weighted by atomic mass is 9.94. The third-order valence-corrected chi connectivity index (χ3v) is 11.9. The number of nitrogens with zero attached hydrogens (tertiary/aromatic N) is 1. The van der Waals surface area contributed by atoms with Crippen LogP contribution in [0.15, 0.2) is 221 Å². The first-order chi connectivity index (χ1) is 29.2. The molecule has 276 valence electrons. The number of hydrogen-bond acceptors (Lipinski definition) is 3. The van der Waals surface area contributed by atoms with Crippen molar-refractivity contribution in [2.45, 2.75) is 0 Å². The first kappa shape index (κ1) is 33.3. The molecule has 0 radical (unpaired) electrons. The maximum atomic E-state index is 6.72. The maximum absolute atomic E-state index is 6.72. The number of anilines is 3. The Hall–Kier alpha value is -7.88. The Morgan fingerprint density at radius 3 is 1.68 bits per heavy atom. The van der Waals surface area contributed by atoms with Gasteiger partial charge in [-0.2, -0.15) is 0 Å². The smallest absolute Gasteiger partial charge is 0.143 e. The SMILES string of the molecule is c1ccc(N(c2ccc(-c3cc4c5ccc(-c6ccc7ccccc7c6)cc5oc4c4ccccc34)cc2)c2ccc(-c3cccc4oc5ccccc5c34)cc2)cc1. The molecule has 0 fully saturated rings. The molecule has 2 aromatic heterocycles. The summed E-state index contributed by atoms with van der Waals surface area (Å²) < 4.78 is 12.9. The topological polar surface area (TPSA) is 29.5 Å². The fourth-order valence-electron chi connectivity index (χ4n) is 9.00. The van der Waals surface area contributed by atoms with Gasteiger partial charge in [0.1, 0.15) is 22.3 Å². The van der Waals surface area contributed by atoms with Crippen LogP contribution in [0.25, 0.3) is 98.8 Å². The Kier molecular flexibility index (Phi) is 7.54. The summed E-state index contributed by atoms with van der Waals surface area (Å²) >= 11 is 0. The van der Waals surface area contributed by atoms with Gasteiger partial charge in [-0.3, -0.25) is 0 Å². The Morgan fingerprint density at radius 1 is 0.288 bits per heavy atom. The normalized spacial score (nSPS) is 11.7. The molecule has 0 aliphatic heterocycles. The van der Waals surface area contributed by atoms with Gasteiger partial charge in [0.25, 0.3) is 0 Å². The summed E-state index contributed by atoms with van der Waals surface area (Å²) in [5.41, 5.74) is 13.8. The zero-order chi connectivity index (χ0) is 38.9. The predicted octanol–water partition coefficient (Wildman–Crippen LogP) is 16.3. The summed E-state index contributed by atoms with van der Waals surface area (Å²) in [5, 5.41) is 9.25. The number of fused-ring (bicyclic) bond motifs is 9. The number of benzene rings is 10. The molecule has 12 aromatic rings. The van der Waals surface area contributed by atoms with Crippen molar-refractivity contribution in [3.63, 3.8) is 0 Å². The van der Waals surface area contributed by atoms with E-state index in [0.29, 0.717) is 0 Å². The summed E-state index contributed by atoms with van der Waals surface area (Å²) in [6, 6.07) is 75.7. The highest BCUT2D eigenvalue weighted by molar-refractivity contribution is 6.19. The molecule has 0 atom stereocenters. The van der Waals surface area contributed by atoms with Crippen LogP contribution in [0.1, 0.15) is 0 Å². The minimum Gasteiger partial charge on any atom is -0.456 e. The average molecular weight is 754 g/mol. The van der Waals surface area contributed by atoms with E-state index in [1.54, 1.807) is 0 Å². The van der Waals surface area contributed by atoms with Crippen molar-refractivity contribution in [3.05, 3.63) is 212 Å². The molecule has 3 heteroatoms. The molecule has 12 rings (SSSR count).